The van der Waals surface area contributed by atoms with E-state index >= 15 is 0 Å². The van der Waals surface area contributed by atoms with Crippen molar-refractivity contribution in [2.45, 2.75) is 4.90 Å². The Balaban J connectivity index is 2.35. The van der Waals surface area contributed by atoms with Gasteiger partial charge < -0.3 is 4.74 Å². The monoisotopic (exact) mass is 259 g/mol. The van der Waals surface area contributed by atoms with E-state index in [1.54, 1.807) is 6.07 Å². The molecule has 0 bridgehead atoms. The summed E-state index contributed by atoms with van der Waals surface area (Å²) in [6.07, 6.45) is 1.90. The average Bonchev–Trinajstić information content (AvgIpc) is 2.41. The van der Waals surface area contributed by atoms with E-state index < -0.39 is 0 Å². The van der Waals surface area contributed by atoms with Crippen molar-refractivity contribution in [2.24, 2.45) is 0 Å². The highest BCUT2D eigenvalue weighted by molar-refractivity contribution is 7.98. The number of nitrogens with zero attached hydrogens (tertiary/aromatic N) is 1. The topological polar surface area (TPSA) is 33.0 Å². The molecule has 0 atom stereocenters. The van der Waals surface area contributed by atoms with Crippen LogP contribution in [-0.4, -0.2) is 6.26 Å². The minimum absolute atomic E-state index is 0.319. The maximum absolute atomic E-state index is 12.8. The van der Waals surface area contributed by atoms with E-state index in [0.717, 1.165) is 4.90 Å². The van der Waals surface area contributed by atoms with Crippen LogP contribution in [0.5, 0.6) is 11.5 Å². The normalized spacial score (nSPS) is 9.83. The minimum atomic E-state index is -0.319. The Kier molecular flexibility index (Phi) is 3.85. The molecule has 18 heavy (non-hydrogen) atoms. The zero-order valence-corrected chi connectivity index (χ0v) is 10.5. The van der Waals surface area contributed by atoms with Crippen molar-refractivity contribution in [1.82, 2.24) is 0 Å². The first-order chi connectivity index (χ1) is 8.74. The van der Waals surface area contributed by atoms with Crippen molar-refractivity contribution >= 4 is 11.8 Å². The number of hydrogen-bond acceptors (Lipinski definition) is 3. The van der Waals surface area contributed by atoms with Gasteiger partial charge in [0.2, 0.25) is 0 Å². The summed E-state index contributed by atoms with van der Waals surface area (Å²) in [5.41, 5.74) is 0.495. The maximum atomic E-state index is 12.8. The molecule has 0 saturated carbocycles. The van der Waals surface area contributed by atoms with Gasteiger partial charge in [0.15, 0.2) is 0 Å². The molecule has 2 rings (SSSR count). The second kappa shape index (κ2) is 5.56. The summed E-state index contributed by atoms with van der Waals surface area (Å²) >= 11 is 1.48. The molecule has 2 aromatic rings. The lowest BCUT2D eigenvalue weighted by atomic mass is 10.2. The van der Waals surface area contributed by atoms with Gasteiger partial charge >= 0.3 is 0 Å². The van der Waals surface area contributed by atoms with Crippen LogP contribution < -0.4 is 4.74 Å². The molecule has 0 aliphatic carbocycles. The molecule has 0 N–H and O–H groups in total. The zero-order chi connectivity index (χ0) is 13.0. The number of nitriles is 1. The molecule has 0 fully saturated rings. The molecule has 0 radical (unpaired) electrons. The molecule has 0 spiro atoms. The molecule has 0 amide bonds. The van der Waals surface area contributed by atoms with E-state index in [0.29, 0.717) is 17.1 Å². The summed E-state index contributed by atoms with van der Waals surface area (Å²) in [4.78, 5) is 0.858. The van der Waals surface area contributed by atoms with Crippen molar-refractivity contribution in [3.63, 3.8) is 0 Å². The number of benzene rings is 2. The lowest BCUT2D eigenvalue weighted by Crippen LogP contribution is -1.90. The van der Waals surface area contributed by atoms with Crippen LogP contribution in [0.2, 0.25) is 0 Å². The number of ether oxygens (including phenoxy) is 1. The first kappa shape index (κ1) is 12.5. The molecular weight excluding hydrogens is 249 g/mol. The van der Waals surface area contributed by atoms with Crippen LogP contribution in [0, 0.1) is 17.1 Å². The quantitative estimate of drug-likeness (QED) is 0.774. The van der Waals surface area contributed by atoms with Crippen molar-refractivity contribution in [1.29, 1.82) is 5.26 Å². The highest BCUT2D eigenvalue weighted by atomic mass is 32.2. The SMILES string of the molecule is CSc1cccc(Oc2ccc(F)cc2)c1C#N. The molecule has 2 nitrogen and oxygen atoms in total. The average molecular weight is 259 g/mol. The Morgan fingerprint density at radius 1 is 1.17 bits per heavy atom. The standard InChI is InChI=1S/C14H10FNOS/c1-18-14-4-2-3-13(12(14)9-16)17-11-7-5-10(15)6-8-11/h2-8H,1H3. The molecular formula is C14H10FNOS. The zero-order valence-electron chi connectivity index (χ0n) is 9.68. The van der Waals surface area contributed by atoms with Crippen molar-refractivity contribution in [3.8, 4) is 17.6 Å². The van der Waals surface area contributed by atoms with E-state index in [9.17, 15) is 4.39 Å². The van der Waals surface area contributed by atoms with E-state index in [-0.39, 0.29) is 5.82 Å². The second-order valence-corrected chi connectivity index (χ2v) is 4.35. The Morgan fingerprint density at radius 3 is 2.50 bits per heavy atom. The van der Waals surface area contributed by atoms with Gasteiger partial charge in [-0.05, 0) is 42.7 Å². The second-order valence-electron chi connectivity index (χ2n) is 3.50. The highest BCUT2D eigenvalue weighted by Crippen LogP contribution is 2.31. The Labute approximate surface area is 109 Å². The fraction of sp³-hybridized carbons (Fsp3) is 0.0714. The van der Waals surface area contributed by atoms with Gasteiger partial charge in [-0.3, -0.25) is 0 Å². The molecule has 0 unspecified atom stereocenters. The first-order valence-corrected chi connectivity index (χ1v) is 6.47. The van der Waals surface area contributed by atoms with Crippen LogP contribution >= 0.6 is 11.8 Å². The summed E-state index contributed by atoms with van der Waals surface area (Å²) in [7, 11) is 0. The molecule has 4 heteroatoms. The Hall–Kier alpha value is -1.99. The lowest BCUT2D eigenvalue weighted by Gasteiger charge is -2.09. The first-order valence-electron chi connectivity index (χ1n) is 5.25. The molecule has 90 valence electrons. The predicted molar refractivity (Wildman–Crippen MR) is 69.4 cm³/mol. The summed E-state index contributed by atoms with van der Waals surface area (Å²) in [6.45, 7) is 0. The molecule has 0 aromatic heterocycles. The van der Waals surface area contributed by atoms with Gasteiger partial charge in [0.05, 0.1) is 0 Å². The van der Waals surface area contributed by atoms with Crippen LogP contribution in [0.15, 0.2) is 47.4 Å². The van der Waals surface area contributed by atoms with Crippen LogP contribution in [0.3, 0.4) is 0 Å². The third-order valence-electron chi connectivity index (χ3n) is 2.36. The van der Waals surface area contributed by atoms with Gasteiger partial charge in [-0.15, -0.1) is 11.8 Å². The summed E-state index contributed by atoms with van der Waals surface area (Å²) in [6, 6.07) is 13.2. The third-order valence-corrected chi connectivity index (χ3v) is 3.14. The molecule has 0 saturated heterocycles. The van der Waals surface area contributed by atoms with E-state index in [2.05, 4.69) is 6.07 Å². The minimum Gasteiger partial charge on any atom is -0.456 e. The largest absolute Gasteiger partial charge is 0.456 e. The van der Waals surface area contributed by atoms with Gasteiger partial charge in [0.25, 0.3) is 0 Å². The van der Waals surface area contributed by atoms with E-state index in [1.807, 2.05) is 18.4 Å². The predicted octanol–water partition coefficient (Wildman–Crippen LogP) is 4.21. The Morgan fingerprint density at radius 2 is 1.89 bits per heavy atom. The van der Waals surface area contributed by atoms with Crippen LogP contribution in [0.4, 0.5) is 4.39 Å². The van der Waals surface area contributed by atoms with Crippen molar-refractivity contribution in [3.05, 3.63) is 53.8 Å². The van der Waals surface area contributed by atoms with Crippen LogP contribution in [0.1, 0.15) is 5.56 Å². The molecule has 0 aliphatic heterocycles. The van der Waals surface area contributed by atoms with Gasteiger partial charge in [-0.2, -0.15) is 5.26 Å². The van der Waals surface area contributed by atoms with E-state index in [4.69, 9.17) is 10.00 Å². The smallest absolute Gasteiger partial charge is 0.146 e. The van der Waals surface area contributed by atoms with Crippen LogP contribution in [-0.2, 0) is 0 Å². The fourth-order valence-electron chi connectivity index (χ4n) is 1.51. The van der Waals surface area contributed by atoms with Gasteiger partial charge in [0, 0.05) is 4.90 Å². The molecule has 0 aliphatic rings. The number of rotatable bonds is 3. The number of hydrogen-bond donors (Lipinski definition) is 0. The van der Waals surface area contributed by atoms with Crippen molar-refractivity contribution in [2.75, 3.05) is 6.26 Å². The van der Waals surface area contributed by atoms with Gasteiger partial charge in [-0.1, -0.05) is 6.07 Å². The summed E-state index contributed by atoms with van der Waals surface area (Å²) in [5.74, 6) is 0.669. The lowest BCUT2D eigenvalue weighted by molar-refractivity contribution is 0.477. The maximum Gasteiger partial charge on any atom is 0.146 e. The number of thioether (sulfide) groups is 1. The molecule has 2 aromatic carbocycles. The molecule has 0 heterocycles. The number of halogens is 1. The van der Waals surface area contributed by atoms with Crippen molar-refractivity contribution < 1.29 is 9.13 Å². The Bertz CT molecular complexity index is 590. The summed E-state index contributed by atoms with van der Waals surface area (Å²) in [5, 5.41) is 9.15. The fourth-order valence-corrected chi connectivity index (χ4v) is 2.07. The van der Waals surface area contributed by atoms with Crippen LogP contribution in [0.25, 0.3) is 0 Å². The van der Waals surface area contributed by atoms with E-state index in [1.165, 1.54) is 36.0 Å². The highest BCUT2D eigenvalue weighted by Gasteiger charge is 2.09. The third kappa shape index (κ3) is 2.63. The summed E-state index contributed by atoms with van der Waals surface area (Å²) < 4.78 is 18.4. The van der Waals surface area contributed by atoms with Gasteiger partial charge in [-0.25, -0.2) is 4.39 Å². The van der Waals surface area contributed by atoms with Gasteiger partial charge in [0.1, 0.15) is 28.9 Å².